The van der Waals surface area contributed by atoms with Gasteiger partial charge in [-0.05, 0) is 60.7 Å². The van der Waals surface area contributed by atoms with Crippen LogP contribution in [0.2, 0.25) is 0 Å². The number of hydrogen-bond acceptors (Lipinski definition) is 5. The Balaban J connectivity index is 1.88. The number of carbonyl (C=O) groups excluding carboxylic acids is 2. The van der Waals surface area contributed by atoms with Gasteiger partial charge in [0.05, 0.1) is 19.3 Å². The molecule has 3 rings (SSSR count). The van der Waals surface area contributed by atoms with E-state index >= 15 is 0 Å². The molecule has 2 atom stereocenters. The molecular weight excluding hydrogens is 487 g/mol. The van der Waals surface area contributed by atoms with E-state index in [9.17, 15) is 14.0 Å². The molecule has 0 aliphatic heterocycles. The minimum atomic E-state index is -0.848. The molecule has 7 nitrogen and oxygen atoms in total. The number of carbonyl (C=O) groups is 2. The second-order valence-corrected chi connectivity index (χ2v) is 9.50. The number of benzene rings is 3. The van der Waals surface area contributed by atoms with Crippen LogP contribution in [0.3, 0.4) is 0 Å². The summed E-state index contributed by atoms with van der Waals surface area (Å²) < 4.78 is 30.4. The van der Waals surface area contributed by atoms with Crippen molar-refractivity contribution in [2.24, 2.45) is 5.92 Å². The van der Waals surface area contributed by atoms with E-state index in [0.717, 1.165) is 5.56 Å². The van der Waals surface area contributed by atoms with Crippen molar-refractivity contribution in [2.45, 2.75) is 52.5 Å². The molecule has 0 heterocycles. The van der Waals surface area contributed by atoms with Gasteiger partial charge in [0.1, 0.15) is 18.5 Å². The highest BCUT2D eigenvalue weighted by Gasteiger charge is 2.28. The molecule has 0 saturated heterocycles. The molecule has 2 N–H and O–H groups in total. The van der Waals surface area contributed by atoms with E-state index in [1.54, 1.807) is 45.2 Å². The van der Waals surface area contributed by atoms with Crippen LogP contribution in [0.4, 0.5) is 9.18 Å². The number of amides is 2. The molecule has 0 saturated carbocycles. The molecule has 3 aromatic carbocycles. The number of methoxy groups -OCH3 is 1. The maximum absolute atomic E-state index is 13.7. The lowest BCUT2D eigenvalue weighted by molar-refractivity contribution is -0.124. The third kappa shape index (κ3) is 7.96. The average Bonchev–Trinajstić information content (AvgIpc) is 2.89. The lowest BCUT2D eigenvalue weighted by Gasteiger charge is -2.26. The van der Waals surface area contributed by atoms with Gasteiger partial charge in [-0.25, -0.2) is 9.18 Å². The van der Waals surface area contributed by atoms with Crippen molar-refractivity contribution >= 4 is 12.0 Å². The van der Waals surface area contributed by atoms with Gasteiger partial charge in [-0.2, -0.15) is 0 Å². The zero-order chi connectivity index (χ0) is 27.7. The van der Waals surface area contributed by atoms with E-state index in [1.807, 2.05) is 50.2 Å². The molecule has 0 aromatic heterocycles. The van der Waals surface area contributed by atoms with Gasteiger partial charge in [0.2, 0.25) is 5.91 Å². The molecule has 2 amide bonds. The van der Waals surface area contributed by atoms with Crippen molar-refractivity contribution in [1.29, 1.82) is 0 Å². The van der Waals surface area contributed by atoms with Crippen LogP contribution < -0.4 is 20.1 Å². The van der Waals surface area contributed by atoms with E-state index in [0.29, 0.717) is 29.2 Å². The van der Waals surface area contributed by atoms with Crippen molar-refractivity contribution in [3.05, 3.63) is 95.3 Å². The normalized spacial score (nSPS) is 12.5. The highest BCUT2D eigenvalue weighted by molar-refractivity contribution is 5.86. The molecule has 0 aliphatic rings. The summed E-state index contributed by atoms with van der Waals surface area (Å²) in [4.78, 5) is 25.6. The van der Waals surface area contributed by atoms with E-state index in [-0.39, 0.29) is 17.8 Å². The van der Waals surface area contributed by atoms with Crippen LogP contribution in [0, 0.1) is 11.7 Å². The highest BCUT2D eigenvalue weighted by atomic mass is 19.1. The summed E-state index contributed by atoms with van der Waals surface area (Å²) in [6, 6.07) is 19.5. The van der Waals surface area contributed by atoms with Crippen molar-refractivity contribution < 1.29 is 28.2 Å². The SMILES string of the molecule is COc1cc(C(NC(=O)[C@@H](NC(=O)OC(C)C)C(C)C)c2ccc(F)cc2)ccc1OCc1ccccc1. The molecule has 3 aromatic rings. The van der Waals surface area contributed by atoms with Crippen LogP contribution in [0.1, 0.15) is 50.4 Å². The molecule has 38 heavy (non-hydrogen) atoms. The van der Waals surface area contributed by atoms with Crippen LogP contribution in [-0.4, -0.2) is 31.3 Å². The topological polar surface area (TPSA) is 85.9 Å². The van der Waals surface area contributed by atoms with Crippen LogP contribution in [0.15, 0.2) is 72.8 Å². The standard InChI is InChI=1S/C30H35FN2O5/c1-19(2)27(33-30(35)38-20(3)4)29(34)32-28(22-11-14-24(31)15-12-22)23-13-16-25(26(17-23)36-5)37-18-21-9-7-6-8-10-21/h6-17,19-20,27-28H,18H2,1-5H3,(H,32,34)(H,33,35)/t27-,28?/m0/s1. The lowest BCUT2D eigenvalue weighted by atomic mass is 9.96. The predicted octanol–water partition coefficient (Wildman–Crippen LogP) is 5.78. The van der Waals surface area contributed by atoms with Crippen molar-refractivity contribution in [3.8, 4) is 11.5 Å². The Morgan fingerprint density at radius 1 is 0.842 bits per heavy atom. The Hall–Kier alpha value is -4.07. The molecule has 0 bridgehead atoms. The lowest BCUT2D eigenvalue weighted by Crippen LogP contribution is -2.51. The minimum absolute atomic E-state index is 0.216. The number of nitrogens with one attached hydrogen (secondary N) is 2. The first-order valence-corrected chi connectivity index (χ1v) is 12.6. The number of rotatable bonds is 11. The molecule has 0 radical (unpaired) electrons. The maximum atomic E-state index is 13.7. The highest BCUT2D eigenvalue weighted by Crippen LogP contribution is 2.33. The van der Waals surface area contributed by atoms with Gasteiger partial charge in [0.25, 0.3) is 0 Å². The fourth-order valence-corrected chi connectivity index (χ4v) is 3.87. The fourth-order valence-electron chi connectivity index (χ4n) is 3.87. The van der Waals surface area contributed by atoms with Gasteiger partial charge < -0.3 is 24.8 Å². The van der Waals surface area contributed by atoms with Crippen LogP contribution in [-0.2, 0) is 16.1 Å². The molecule has 202 valence electrons. The molecule has 0 aliphatic carbocycles. The molecule has 0 fully saturated rings. The Kier molecular flexibility index (Phi) is 10.1. The van der Waals surface area contributed by atoms with Crippen molar-refractivity contribution in [1.82, 2.24) is 10.6 Å². The third-order valence-electron chi connectivity index (χ3n) is 5.81. The summed E-state index contributed by atoms with van der Waals surface area (Å²) in [6.45, 7) is 7.48. The summed E-state index contributed by atoms with van der Waals surface area (Å²) in [7, 11) is 1.54. The Morgan fingerprint density at radius 2 is 1.50 bits per heavy atom. The van der Waals surface area contributed by atoms with Crippen molar-refractivity contribution in [3.63, 3.8) is 0 Å². The van der Waals surface area contributed by atoms with Gasteiger partial charge >= 0.3 is 6.09 Å². The summed E-state index contributed by atoms with van der Waals surface area (Å²) in [5.41, 5.74) is 2.37. The number of hydrogen-bond donors (Lipinski definition) is 2. The summed E-state index contributed by atoms with van der Waals surface area (Å²) in [5.74, 6) is 0.0192. The van der Waals surface area contributed by atoms with Gasteiger partial charge in [0.15, 0.2) is 11.5 Å². The van der Waals surface area contributed by atoms with Crippen LogP contribution in [0.25, 0.3) is 0 Å². The fraction of sp³-hybridized carbons (Fsp3) is 0.333. The largest absolute Gasteiger partial charge is 0.493 e. The predicted molar refractivity (Wildman–Crippen MR) is 144 cm³/mol. The summed E-state index contributed by atoms with van der Waals surface area (Å²) >= 11 is 0. The van der Waals surface area contributed by atoms with Crippen LogP contribution >= 0.6 is 0 Å². The number of halogens is 1. The first-order chi connectivity index (χ1) is 18.2. The van der Waals surface area contributed by atoms with Gasteiger partial charge in [0, 0.05) is 0 Å². The molecule has 1 unspecified atom stereocenters. The maximum Gasteiger partial charge on any atom is 0.408 e. The van der Waals surface area contributed by atoms with Crippen molar-refractivity contribution in [2.75, 3.05) is 7.11 Å². The van der Waals surface area contributed by atoms with Gasteiger partial charge in [-0.3, -0.25) is 4.79 Å². The van der Waals surface area contributed by atoms with E-state index < -0.39 is 24.1 Å². The monoisotopic (exact) mass is 522 g/mol. The quantitative estimate of drug-likeness (QED) is 0.334. The smallest absolute Gasteiger partial charge is 0.408 e. The Morgan fingerprint density at radius 3 is 2.11 bits per heavy atom. The Labute approximate surface area is 223 Å². The third-order valence-corrected chi connectivity index (χ3v) is 5.81. The minimum Gasteiger partial charge on any atom is -0.493 e. The summed E-state index contributed by atoms with van der Waals surface area (Å²) in [5, 5.41) is 5.66. The first kappa shape index (κ1) is 28.5. The second kappa shape index (κ2) is 13.5. The summed E-state index contributed by atoms with van der Waals surface area (Å²) in [6.07, 6.45) is -0.998. The molecular formula is C30H35FN2O5. The van der Waals surface area contributed by atoms with Crippen LogP contribution in [0.5, 0.6) is 11.5 Å². The van der Waals surface area contributed by atoms with Gasteiger partial charge in [-0.1, -0.05) is 62.4 Å². The average molecular weight is 523 g/mol. The molecule has 8 heteroatoms. The Bertz CT molecular complexity index is 1200. The van der Waals surface area contributed by atoms with E-state index in [2.05, 4.69) is 10.6 Å². The van der Waals surface area contributed by atoms with E-state index in [4.69, 9.17) is 14.2 Å². The number of ether oxygens (including phenoxy) is 3. The first-order valence-electron chi connectivity index (χ1n) is 12.6. The zero-order valence-corrected chi connectivity index (χ0v) is 22.4. The number of alkyl carbamates (subject to hydrolysis) is 1. The molecule has 0 spiro atoms. The van der Waals surface area contributed by atoms with E-state index in [1.165, 1.54) is 12.1 Å². The zero-order valence-electron chi connectivity index (χ0n) is 22.4. The van der Waals surface area contributed by atoms with Gasteiger partial charge in [-0.15, -0.1) is 0 Å². The second-order valence-electron chi connectivity index (χ2n) is 9.50.